The molecule has 5 nitrogen and oxygen atoms in total. The van der Waals surface area contributed by atoms with Crippen LogP contribution in [-0.2, 0) is 11.1 Å². The van der Waals surface area contributed by atoms with Gasteiger partial charge in [0, 0.05) is 11.1 Å². The monoisotopic (exact) mass is 194 g/mol. The molecule has 6 heteroatoms. The van der Waals surface area contributed by atoms with Crippen LogP contribution in [0.5, 0.6) is 0 Å². The highest BCUT2D eigenvalue weighted by molar-refractivity contribution is 7.78. The van der Waals surface area contributed by atoms with Crippen LogP contribution in [0.4, 0.5) is 0 Å². The van der Waals surface area contributed by atoms with E-state index in [9.17, 15) is 8.76 Å². The van der Waals surface area contributed by atoms with Crippen LogP contribution in [-0.4, -0.2) is 23.9 Å². The molecule has 66 valence electrons. The average Bonchev–Trinajstić information content (AvgIpc) is 2.17. The molecule has 0 saturated carbocycles. The van der Waals surface area contributed by atoms with Gasteiger partial charge >= 0.3 is 0 Å². The lowest BCUT2D eigenvalue weighted by Crippen LogP contribution is -2.00. The van der Waals surface area contributed by atoms with Crippen LogP contribution in [0.2, 0.25) is 0 Å². The molecule has 0 radical (unpaired) electrons. The second-order valence-corrected chi connectivity index (χ2v) is 3.15. The molecule has 0 fully saturated rings. The van der Waals surface area contributed by atoms with Crippen molar-refractivity contribution < 1.29 is 8.76 Å². The summed E-state index contributed by atoms with van der Waals surface area (Å²) in [7, 11) is 0. The Balaban J connectivity index is 2.69. The number of nitrogens with zero attached hydrogens (tertiary/aromatic N) is 3. The van der Waals surface area contributed by atoms with Crippen molar-refractivity contribution in [2.45, 2.75) is 5.16 Å². The molecule has 0 aliphatic carbocycles. The number of rotatable bonds is 1. The van der Waals surface area contributed by atoms with E-state index in [0.717, 1.165) is 0 Å². The number of hydrogen-bond acceptors (Lipinski definition) is 5. The molecular weight excluding hydrogens is 190 g/mol. The molecule has 1 unspecified atom stereocenters. The Bertz CT molecular complexity index is 474. The van der Waals surface area contributed by atoms with Crippen LogP contribution in [0, 0.1) is 0 Å². The van der Waals surface area contributed by atoms with Crippen LogP contribution >= 0.6 is 0 Å². The Hall–Kier alpha value is -1.40. The third-order valence-electron chi connectivity index (χ3n) is 1.49. The number of para-hydroxylation sites is 1. The molecule has 1 aromatic heterocycles. The molecule has 0 saturated heterocycles. The van der Waals surface area contributed by atoms with Crippen molar-refractivity contribution in [3.05, 3.63) is 24.3 Å². The lowest BCUT2D eigenvalue weighted by Gasteiger charge is -2.01. The maximum atomic E-state index is 10.5. The van der Waals surface area contributed by atoms with E-state index < -0.39 is 11.1 Å². The summed E-state index contributed by atoms with van der Waals surface area (Å²) in [6.45, 7) is 0. The van der Waals surface area contributed by atoms with E-state index in [2.05, 4.69) is 15.2 Å². The summed E-state index contributed by atoms with van der Waals surface area (Å²) in [6.07, 6.45) is 0. The van der Waals surface area contributed by atoms with E-state index in [4.69, 9.17) is 0 Å². The molecule has 0 aliphatic heterocycles. The Kier molecular flexibility index (Phi) is 1.99. The second kappa shape index (κ2) is 3.15. The zero-order valence-electron chi connectivity index (χ0n) is 6.38. The third-order valence-corrected chi connectivity index (χ3v) is 1.96. The summed E-state index contributed by atoms with van der Waals surface area (Å²) in [4.78, 5) is 3.79. The van der Waals surface area contributed by atoms with Crippen LogP contribution in [0.3, 0.4) is 0 Å². The Morgan fingerprint density at radius 3 is 2.54 bits per heavy atom. The van der Waals surface area contributed by atoms with Crippen LogP contribution in [0.25, 0.3) is 11.0 Å². The zero-order valence-corrected chi connectivity index (χ0v) is 7.19. The maximum absolute atomic E-state index is 10.5. The number of aromatic nitrogens is 3. The number of fused-ring (bicyclic) bond motifs is 1. The largest absolute Gasteiger partial charge is 0.766 e. The van der Waals surface area contributed by atoms with Gasteiger partial charge in [-0.3, -0.25) is 4.21 Å². The predicted octanol–water partition coefficient (Wildman–Crippen LogP) is 0.263. The van der Waals surface area contributed by atoms with Crippen LogP contribution in [0.1, 0.15) is 0 Å². The zero-order chi connectivity index (χ0) is 9.26. The van der Waals surface area contributed by atoms with Crippen molar-refractivity contribution in [1.82, 2.24) is 15.2 Å². The second-order valence-electron chi connectivity index (χ2n) is 2.32. The molecule has 1 aromatic carbocycles. The summed E-state index contributed by atoms with van der Waals surface area (Å²) in [6, 6.07) is 6.94. The van der Waals surface area contributed by atoms with Gasteiger partial charge in [-0.2, -0.15) is 0 Å². The van der Waals surface area contributed by atoms with E-state index >= 15 is 0 Å². The molecule has 0 N–H and O–H groups in total. The summed E-state index contributed by atoms with van der Waals surface area (Å²) in [5.74, 6) is 0. The molecule has 2 rings (SSSR count). The van der Waals surface area contributed by atoms with E-state index in [1.807, 2.05) is 0 Å². The molecule has 0 aliphatic rings. The van der Waals surface area contributed by atoms with Gasteiger partial charge in [-0.15, -0.1) is 10.2 Å². The predicted molar refractivity (Wildman–Crippen MR) is 44.5 cm³/mol. The normalized spacial score (nSPS) is 13.0. The molecular formula is C7H4N3O2S-. The Labute approximate surface area is 76.1 Å². The fourth-order valence-electron chi connectivity index (χ4n) is 0.936. The summed E-state index contributed by atoms with van der Waals surface area (Å²) < 4.78 is 21.0. The topological polar surface area (TPSA) is 78.8 Å². The van der Waals surface area contributed by atoms with Gasteiger partial charge in [-0.05, 0) is 12.1 Å². The van der Waals surface area contributed by atoms with Crippen molar-refractivity contribution in [3.8, 4) is 0 Å². The minimum Gasteiger partial charge on any atom is -0.766 e. The van der Waals surface area contributed by atoms with Gasteiger partial charge in [0.25, 0.3) is 0 Å². The first-order valence-corrected chi connectivity index (χ1v) is 4.53. The third kappa shape index (κ3) is 1.53. The highest BCUT2D eigenvalue weighted by atomic mass is 32.2. The average molecular weight is 194 g/mol. The molecule has 0 bridgehead atoms. The fraction of sp³-hybridized carbons (Fsp3) is 0. The van der Waals surface area contributed by atoms with Crippen LogP contribution < -0.4 is 0 Å². The smallest absolute Gasteiger partial charge is 0.226 e. The van der Waals surface area contributed by atoms with Crippen molar-refractivity contribution in [3.63, 3.8) is 0 Å². The first kappa shape index (κ1) is 8.21. The van der Waals surface area contributed by atoms with E-state index in [-0.39, 0.29) is 5.16 Å². The number of benzene rings is 1. The summed E-state index contributed by atoms with van der Waals surface area (Å²) in [5.41, 5.74) is 1.11. The van der Waals surface area contributed by atoms with E-state index in [0.29, 0.717) is 11.0 Å². The minimum absolute atomic E-state index is 0.279. The van der Waals surface area contributed by atoms with Gasteiger partial charge in [0.15, 0.2) is 0 Å². The van der Waals surface area contributed by atoms with Gasteiger partial charge in [-0.25, -0.2) is 4.98 Å². The Morgan fingerprint density at radius 1 is 1.15 bits per heavy atom. The highest BCUT2D eigenvalue weighted by Gasteiger charge is 1.99. The lowest BCUT2D eigenvalue weighted by molar-refractivity contribution is 0.527. The van der Waals surface area contributed by atoms with E-state index in [1.54, 1.807) is 24.3 Å². The van der Waals surface area contributed by atoms with Gasteiger partial charge in [0.2, 0.25) is 5.16 Å². The molecule has 13 heavy (non-hydrogen) atoms. The minimum atomic E-state index is -2.42. The molecule has 1 atom stereocenters. The first-order chi connectivity index (χ1) is 6.27. The van der Waals surface area contributed by atoms with Gasteiger partial charge in [-0.1, -0.05) is 12.1 Å². The fourth-order valence-corrected chi connectivity index (χ4v) is 1.22. The van der Waals surface area contributed by atoms with E-state index in [1.165, 1.54) is 0 Å². The Morgan fingerprint density at radius 2 is 1.85 bits per heavy atom. The summed E-state index contributed by atoms with van der Waals surface area (Å²) >= 11 is -2.42. The maximum Gasteiger partial charge on any atom is 0.226 e. The first-order valence-electron chi connectivity index (χ1n) is 3.46. The molecule has 1 heterocycles. The van der Waals surface area contributed by atoms with Crippen molar-refractivity contribution in [2.24, 2.45) is 0 Å². The van der Waals surface area contributed by atoms with Gasteiger partial charge in [0.1, 0.15) is 5.52 Å². The van der Waals surface area contributed by atoms with Crippen molar-refractivity contribution in [1.29, 1.82) is 0 Å². The number of hydrogen-bond donors (Lipinski definition) is 0. The van der Waals surface area contributed by atoms with Gasteiger partial charge in [0.05, 0.1) is 5.52 Å². The summed E-state index contributed by atoms with van der Waals surface area (Å²) in [5, 5.41) is 6.85. The van der Waals surface area contributed by atoms with Crippen LogP contribution in [0.15, 0.2) is 29.4 Å². The van der Waals surface area contributed by atoms with Crippen molar-refractivity contribution >= 4 is 22.1 Å². The molecule has 0 amide bonds. The molecule has 2 aromatic rings. The van der Waals surface area contributed by atoms with Gasteiger partial charge < -0.3 is 4.55 Å². The molecule has 0 spiro atoms. The van der Waals surface area contributed by atoms with Crippen molar-refractivity contribution in [2.75, 3.05) is 0 Å². The quantitative estimate of drug-likeness (QED) is 0.608. The standard InChI is InChI=1S/C7H5N3O2S/c11-13(12)7-8-5-3-1-2-4-6(5)9-10-7/h1-4H,(H,11,12)/p-1. The lowest BCUT2D eigenvalue weighted by atomic mass is 10.3. The SMILES string of the molecule is O=S([O-])c1nnc2ccccc2n1. The highest BCUT2D eigenvalue weighted by Crippen LogP contribution is 2.07.